The van der Waals surface area contributed by atoms with Crippen LogP contribution in [-0.2, 0) is 21.3 Å². The highest BCUT2D eigenvalue weighted by atomic mass is 35.5. The fourth-order valence-electron chi connectivity index (χ4n) is 6.72. The Hall–Kier alpha value is -2.34. The molecule has 0 saturated carbocycles. The molecule has 0 radical (unpaired) electrons. The minimum Gasteiger partial charge on any atom is -0.371 e. The summed E-state index contributed by atoms with van der Waals surface area (Å²) in [4.78, 5) is 20.0. The molecule has 2 atom stereocenters. The van der Waals surface area contributed by atoms with Crippen molar-refractivity contribution in [2.45, 2.75) is 62.8 Å². The molecule has 4 aliphatic heterocycles. The summed E-state index contributed by atoms with van der Waals surface area (Å²) in [5, 5.41) is 4.87. The molecule has 2 aromatic rings. The molecule has 1 aromatic heterocycles. The van der Waals surface area contributed by atoms with Crippen LogP contribution in [0.4, 0.5) is 16.3 Å². The SMILES string of the molecule is CS(=O)(=O)Nc1ccn(C(=O)N2CCC3(CCCN3Cc3ccc(Cl)cc3N3C[C@H]4CC[C@@H](C3)O4)CC2)n1. The zero-order chi connectivity index (χ0) is 26.5. The van der Waals surface area contributed by atoms with Gasteiger partial charge in [-0.15, -0.1) is 5.10 Å². The standard InChI is InChI=1S/C26H35ClN6O4S/c1-38(35,36)29-24-7-12-33(28-24)25(34)30-13-9-26(10-14-30)8-2-11-32(26)16-19-3-4-20(27)15-23(19)31-17-21-5-6-22(18-31)37-21/h3-4,7,12,15,21-22H,2,5-6,8-11,13-14,16-18H2,1H3,(H,28,29)/t21-,22+. The second-order valence-corrected chi connectivity index (χ2v) is 13.4. The molecule has 0 unspecified atom stereocenters. The predicted octanol–water partition coefficient (Wildman–Crippen LogP) is 3.37. The zero-order valence-electron chi connectivity index (χ0n) is 21.7. The third-order valence-electron chi connectivity index (χ3n) is 8.57. The molecule has 5 heterocycles. The molecule has 4 fully saturated rings. The van der Waals surface area contributed by atoms with Crippen LogP contribution in [0.3, 0.4) is 0 Å². The number of anilines is 2. The molecular formula is C26H35ClN6O4S. The first-order chi connectivity index (χ1) is 18.2. The van der Waals surface area contributed by atoms with Crippen molar-refractivity contribution in [3.63, 3.8) is 0 Å². The van der Waals surface area contributed by atoms with Gasteiger partial charge in [0.15, 0.2) is 5.82 Å². The normalized spacial score (nSPS) is 25.3. The number of carbonyl (C=O) groups is 1. The van der Waals surface area contributed by atoms with E-state index >= 15 is 0 Å². The number of piperidine rings is 1. The first-order valence-corrected chi connectivity index (χ1v) is 15.7. The second-order valence-electron chi connectivity index (χ2n) is 11.2. The van der Waals surface area contributed by atoms with Crippen LogP contribution in [-0.4, -0.2) is 90.8 Å². The molecule has 6 rings (SSSR count). The maximum absolute atomic E-state index is 13.1. The van der Waals surface area contributed by atoms with Crippen LogP contribution in [0.15, 0.2) is 30.5 Å². The first-order valence-electron chi connectivity index (χ1n) is 13.4. The topological polar surface area (TPSA) is 100 Å². The summed E-state index contributed by atoms with van der Waals surface area (Å²) in [5.41, 5.74) is 2.60. The van der Waals surface area contributed by atoms with Gasteiger partial charge in [0.1, 0.15) is 0 Å². The molecule has 1 N–H and O–H groups in total. The highest BCUT2D eigenvalue weighted by molar-refractivity contribution is 7.92. The van der Waals surface area contributed by atoms with E-state index in [1.165, 1.54) is 28.2 Å². The van der Waals surface area contributed by atoms with Crippen LogP contribution >= 0.6 is 11.6 Å². The molecule has 1 aromatic carbocycles. The van der Waals surface area contributed by atoms with Gasteiger partial charge >= 0.3 is 6.03 Å². The van der Waals surface area contributed by atoms with Crippen molar-refractivity contribution in [3.05, 3.63) is 41.0 Å². The molecule has 10 nitrogen and oxygen atoms in total. The number of amides is 1. The fourth-order valence-corrected chi connectivity index (χ4v) is 7.38. The Bertz CT molecular complexity index is 1300. The number of likely N-dealkylation sites (tertiary alicyclic amines) is 2. The number of ether oxygens (including phenoxy) is 1. The number of benzene rings is 1. The van der Waals surface area contributed by atoms with Gasteiger partial charge in [-0.3, -0.25) is 9.62 Å². The third-order valence-corrected chi connectivity index (χ3v) is 9.39. The van der Waals surface area contributed by atoms with E-state index < -0.39 is 10.0 Å². The summed E-state index contributed by atoms with van der Waals surface area (Å²) in [6.45, 7) is 5.04. The lowest BCUT2D eigenvalue weighted by Crippen LogP contribution is -2.53. The zero-order valence-corrected chi connectivity index (χ0v) is 23.3. The highest BCUT2D eigenvalue weighted by Crippen LogP contribution is 2.41. The first kappa shape index (κ1) is 25.9. The van der Waals surface area contributed by atoms with Gasteiger partial charge < -0.3 is 14.5 Å². The Balaban J connectivity index is 1.13. The number of fused-ring (bicyclic) bond motifs is 2. The summed E-state index contributed by atoms with van der Waals surface area (Å²) in [6, 6.07) is 7.55. The smallest absolute Gasteiger partial charge is 0.344 e. The molecule has 1 amide bonds. The maximum atomic E-state index is 13.1. The van der Waals surface area contributed by atoms with E-state index in [1.54, 1.807) is 0 Å². The number of nitrogens with zero attached hydrogens (tertiary/aromatic N) is 5. The summed E-state index contributed by atoms with van der Waals surface area (Å²) in [7, 11) is -3.45. The third kappa shape index (κ3) is 5.25. The quantitative estimate of drug-likeness (QED) is 0.596. The summed E-state index contributed by atoms with van der Waals surface area (Å²) < 4.78 is 32.5. The molecule has 0 aliphatic carbocycles. The molecule has 12 heteroatoms. The predicted molar refractivity (Wildman–Crippen MR) is 146 cm³/mol. The van der Waals surface area contributed by atoms with E-state index in [2.05, 4.69) is 31.8 Å². The Morgan fingerprint density at radius 2 is 1.87 bits per heavy atom. The summed E-state index contributed by atoms with van der Waals surface area (Å²) >= 11 is 6.46. The highest BCUT2D eigenvalue weighted by Gasteiger charge is 2.44. The lowest BCUT2D eigenvalue weighted by atomic mass is 9.84. The summed E-state index contributed by atoms with van der Waals surface area (Å²) in [6.07, 6.45) is 9.54. The number of nitrogens with one attached hydrogen (secondary N) is 1. The molecule has 206 valence electrons. The van der Waals surface area contributed by atoms with E-state index in [1.807, 2.05) is 11.0 Å². The number of carbonyl (C=O) groups excluding carboxylic acids is 1. The van der Waals surface area contributed by atoms with Gasteiger partial charge in [0.25, 0.3) is 0 Å². The van der Waals surface area contributed by atoms with Crippen LogP contribution in [0.5, 0.6) is 0 Å². The molecule has 1 spiro atoms. The van der Waals surface area contributed by atoms with Crippen LogP contribution < -0.4 is 9.62 Å². The lowest BCUT2D eigenvalue weighted by molar-refractivity contribution is 0.0301. The summed E-state index contributed by atoms with van der Waals surface area (Å²) in [5.74, 6) is 0.142. The Morgan fingerprint density at radius 3 is 2.58 bits per heavy atom. The fraction of sp³-hybridized carbons (Fsp3) is 0.615. The van der Waals surface area contributed by atoms with Gasteiger partial charge in [-0.1, -0.05) is 17.7 Å². The van der Waals surface area contributed by atoms with Crippen LogP contribution in [0.2, 0.25) is 5.02 Å². The van der Waals surface area contributed by atoms with Gasteiger partial charge in [0.2, 0.25) is 10.0 Å². The Morgan fingerprint density at radius 1 is 1.13 bits per heavy atom. The monoisotopic (exact) mass is 562 g/mol. The van der Waals surface area contributed by atoms with Gasteiger partial charge in [-0.25, -0.2) is 13.2 Å². The molecule has 4 saturated heterocycles. The van der Waals surface area contributed by atoms with Crippen molar-refractivity contribution in [3.8, 4) is 0 Å². The number of morpholine rings is 1. The van der Waals surface area contributed by atoms with Gasteiger partial charge in [0.05, 0.1) is 18.5 Å². The van der Waals surface area contributed by atoms with Crippen molar-refractivity contribution in [2.75, 3.05) is 48.6 Å². The van der Waals surface area contributed by atoms with Crippen LogP contribution in [0.1, 0.15) is 44.1 Å². The number of sulfonamides is 1. The van der Waals surface area contributed by atoms with E-state index in [9.17, 15) is 13.2 Å². The molecule has 4 aliphatic rings. The van der Waals surface area contributed by atoms with Crippen LogP contribution in [0.25, 0.3) is 0 Å². The maximum Gasteiger partial charge on any atom is 0.344 e. The van der Waals surface area contributed by atoms with Gasteiger partial charge in [-0.05, 0) is 62.8 Å². The van der Waals surface area contributed by atoms with E-state index in [0.717, 1.165) is 76.0 Å². The van der Waals surface area contributed by atoms with E-state index in [-0.39, 0.29) is 17.4 Å². The number of hydrogen-bond acceptors (Lipinski definition) is 7. The molecule has 38 heavy (non-hydrogen) atoms. The number of aromatic nitrogens is 2. The average molecular weight is 563 g/mol. The van der Waals surface area contributed by atoms with Crippen molar-refractivity contribution >= 4 is 39.2 Å². The van der Waals surface area contributed by atoms with Gasteiger partial charge in [0, 0.05) is 61.2 Å². The Kier molecular flexibility index (Phi) is 6.82. The number of halogens is 1. The van der Waals surface area contributed by atoms with Crippen molar-refractivity contribution < 1.29 is 17.9 Å². The molecule has 2 bridgehead atoms. The van der Waals surface area contributed by atoms with Crippen molar-refractivity contribution in [1.82, 2.24) is 19.6 Å². The van der Waals surface area contributed by atoms with E-state index in [0.29, 0.717) is 25.3 Å². The van der Waals surface area contributed by atoms with Crippen LogP contribution in [0, 0.1) is 0 Å². The van der Waals surface area contributed by atoms with Gasteiger partial charge in [-0.2, -0.15) is 4.68 Å². The number of hydrogen-bond donors (Lipinski definition) is 1. The largest absolute Gasteiger partial charge is 0.371 e. The minimum absolute atomic E-state index is 0.0743. The molecular weight excluding hydrogens is 528 g/mol. The number of rotatable bonds is 5. The van der Waals surface area contributed by atoms with E-state index in [4.69, 9.17) is 16.3 Å². The Labute approximate surface area is 228 Å². The second kappa shape index (κ2) is 10.0. The average Bonchev–Trinajstić information content (AvgIpc) is 3.58. The lowest BCUT2D eigenvalue weighted by Gasteiger charge is -2.45. The van der Waals surface area contributed by atoms with Crippen molar-refractivity contribution in [2.24, 2.45) is 0 Å². The van der Waals surface area contributed by atoms with Crippen molar-refractivity contribution in [1.29, 1.82) is 0 Å². The minimum atomic E-state index is -3.45.